The van der Waals surface area contributed by atoms with Gasteiger partial charge in [0.05, 0.1) is 40.2 Å². The van der Waals surface area contributed by atoms with Crippen LogP contribution in [0.4, 0.5) is 11.4 Å². The molecule has 3 saturated heterocycles. The minimum absolute atomic E-state index is 0.0191. The fourth-order valence-electron chi connectivity index (χ4n) is 5.30. The number of carbonyl (C=O) groups is 2. The number of non-ortho nitro benzene ring substituents is 1. The van der Waals surface area contributed by atoms with Crippen molar-refractivity contribution < 1.29 is 24.1 Å². The third-order valence-corrected chi connectivity index (χ3v) is 6.71. The van der Waals surface area contributed by atoms with Gasteiger partial charge in [0.15, 0.2) is 6.10 Å². The molecule has 9 nitrogen and oxygen atoms in total. The highest BCUT2D eigenvalue weighted by molar-refractivity contribution is 6.23. The Kier molecular flexibility index (Phi) is 3.64. The third kappa shape index (κ3) is 2.37. The fourth-order valence-corrected chi connectivity index (χ4v) is 5.30. The number of nitro benzene ring substituents is 1. The molecule has 9 heteroatoms. The molecule has 0 aliphatic carbocycles. The Morgan fingerprint density at radius 1 is 0.903 bits per heavy atom. The van der Waals surface area contributed by atoms with Gasteiger partial charge in [-0.15, -0.1) is 0 Å². The zero-order chi connectivity index (χ0) is 21.4. The second-order valence-corrected chi connectivity index (χ2v) is 8.34. The van der Waals surface area contributed by atoms with Crippen molar-refractivity contribution in [1.82, 2.24) is 0 Å². The van der Waals surface area contributed by atoms with Gasteiger partial charge in [-0.1, -0.05) is 22.9 Å². The molecule has 156 valence electrons. The molecule has 2 bridgehead atoms. The molecule has 4 aliphatic rings. The Morgan fingerprint density at radius 3 is 2.19 bits per heavy atom. The van der Waals surface area contributed by atoms with E-state index < -0.39 is 35.1 Å². The molecular formula is C22H17N3O6. The van der Waals surface area contributed by atoms with Gasteiger partial charge in [-0.3, -0.25) is 19.7 Å². The van der Waals surface area contributed by atoms with Crippen LogP contribution in [-0.2, 0) is 19.2 Å². The number of aryl methyl sites for hydroxylation is 1. The topological polar surface area (TPSA) is 111 Å². The lowest BCUT2D eigenvalue weighted by Gasteiger charge is -2.26. The lowest BCUT2D eigenvalue weighted by atomic mass is 9.71. The number of benzene rings is 2. The van der Waals surface area contributed by atoms with E-state index in [2.05, 4.69) is 5.16 Å². The number of fused-ring (bicyclic) bond motifs is 8. The van der Waals surface area contributed by atoms with Crippen LogP contribution in [0.2, 0.25) is 0 Å². The van der Waals surface area contributed by atoms with E-state index >= 15 is 0 Å². The minimum Gasteiger partial charge on any atom is -0.389 e. The molecule has 0 unspecified atom stereocenters. The zero-order valence-corrected chi connectivity index (χ0v) is 16.4. The van der Waals surface area contributed by atoms with Crippen LogP contribution in [0.3, 0.4) is 0 Å². The predicted octanol–water partition coefficient (Wildman–Crippen LogP) is 2.21. The second-order valence-electron chi connectivity index (χ2n) is 8.34. The minimum atomic E-state index is -0.593. The number of nitro groups is 1. The summed E-state index contributed by atoms with van der Waals surface area (Å²) in [5.41, 5.74) is 2.86. The molecule has 6 rings (SSSR count). The van der Waals surface area contributed by atoms with Crippen LogP contribution in [0.25, 0.3) is 0 Å². The maximum absolute atomic E-state index is 13.3. The number of hydrogen-bond donors (Lipinski definition) is 0. The summed E-state index contributed by atoms with van der Waals surface area (Å²) in [4.78, 5) is 43.9. The zero-order valence-electron chi connectivity index (χ0n) is 16.4. The summed E-state index contributed by atoms with van der Waals surface area (Å²) in [5, 5.41) is 15.1. The first-order valence-electron chi connectivity index (χ1n) is 10.0. The van der Waals surface area contributed by atoms with Crippen LogP contribution in [0.1, 0.15) is 11.1 Å². The van der Waals surface area contributed by atoms with E-state index in [1.54, 1.807) is 24.3 Å². The summed E-state index contributed by atoms with van der Waals surface area (Å²) in [6, 6.07) is 13.3. The molecule has 6 atom stereocenters. The van der Waals surface area contributed by atoms with Gasteiger partial charge in [0.1, 0.15) is 6.10 Å². The van der Waals surface area contributed by atoms with Gasteiger partial charge in [0.25, 0.3) is 5.69 Å². The van der Waals surface area contributed by atoms with Crippen molar-refractivity contribution in [3.05, 3.63) is 69.8 Å². The highest BCUT2D eigenvalue weighted by Crippen LogP contribution is 2.55. The Bertz CT molecular complexity index is 1160. The number of oxime groups is 1. The summed E-state index contributed by atoms with van der Waals surface area (Å²) in [7, 11) is 0. The largest absolute Gasteiger partial charge is 0.389 e. The SMILES string of the molecule is Cc1ccc(N2C(=O)[C@@H]3[C@@H]4O[C@@H]([C@H]5ON=C(c6ccc([N+](=O)[O-])cc6)[C@H]54)[C@@H]3C2=O)cc1. The van der Waals surface area contributed by atoms with Gasteiger partial charge in [0.2, 0.25) is 11.8 Å². The average Bonchev–Trinajstić information content (AvgIpc) is 3.49. The summed E-state index contributed by atoms with van der Waals surface area (Å²) in [5.74, 6) is -2.02. The molecule has 2 aromatic carbocycles. The van der Waals surface area contributed by atoms with Crippen LogP contribution in [0.5, 0.6) is 0 Å². The first-order chi connectivity index (χ1) is 15.0. The van der Waals surface area contributed by atoms with E-state index in [4.69, 9.17) is 9.57 Å². The Hall–Kier alpha value is -3.59. The maximum Gasteiger partial charge on any atom is 0.269 e. The Morgan fingerprint density at radius 2 is 1.55 bits per heavy atom. The van der Waals surface area contributed by atoms with Crippen molar-refractivity contribution in [1.29, 1.82) is 0 Å². The molecule has 3 fully saturated rings. The van der Waals surface area contributed by atoms with Gasteiger partial charge in [0, 0.05) is 17.7 Å². The Labute approximate surface area is 176 Å². The summed E-state index contributed by atoms with van der Waals surface area (Å²) in [6.45, 7) is 1.94. The number of amides is 2. The van der Waals surface area contributed by atoms with E-state index in [-0.39, 0.29) is 23.4 Å². The lowest BCUT2D eigenvalue weighted by molar-refractivity contribution is -0.384. The standard InChI is InChI=1S/C22H17N3O6/c1-10-2-6-12(7-3-10)24-21(26)14-15(22(24)27)19-20-16(18(14)30-19)17(23-31-20)11-4-8-13(9-5-11)25(28)29/h2-9,14-16,18-20H,1H3/t14-,15+,16-,18-,19+,20-/m0/s1. The predicted molar refractivity (Wildman–Crippen MR) is 107 cm³/mol. The quantitative estimate of drug-likeness (QED) is 0.428. The van der Waals surface area contributed by atoms with Crippen molar-refractivity contribution >= 4 is 28.9 Å². The number of imide groups is 1. The normalized spacial score (nSPS) is 32.7. The second kappa shape index (κ2) is 6.21. The van der Waals surface area contributed by atoms with Crippen LogP contribution in [-0.4, -0.2) is 40.8 Å². The smallest absolute Gasteiger partial charge is 0.269 e. The molecule has 4 aliphatic heterocycles. The third-order valence-electron chi connectivity index (χ3n) is 6.71. The number of anilines is 1. The molecular weight excluding hydrogens is 402 g/mol. The van der Waals surface area contributed by atoms with E-state index in [9.17, 15) is 19.7 Å². The summed E-state index contributed by atoms with van der Waals surface area (Å²) < 4.78 is 6.08. The number of nitrogens with zero attached hydrogens (tertiary/aromatic N) is 3. The first-order valence-corrected chi connectivity index (χ1v) is 10.0. The molecule has 2 aromatic rings. The highest BCUT2D eigenvalue weighted by atomic mass is 16.7. The maximum atomic E-state index is 13.3. The van der Waals surface area contributed by atoms with Gasteiger partial charge >= 0.3 is 0 Å². The lowest BCUT2D eigenvalue weighted by Crippen LogP contribution is -2.45. The van der Waals surface area contributed by atoms with Gasteiger partial charge in [-0.25, -0.2) is 4.90 Å². The molecule has 4 heterocycles. The first kappa shape index (κ1) is 18.2. The summed E-state index contributed by atoms with van der Waals surface area (Å²) >= 11 is 0. The van der Waals surface area contributed by atoms with Crippen LogP contribution in [0.15, 0.2) is 53.7 Å². The van der Waals surface area contributed by atoms with Crippen LogP contribution in [0, 0.1) is 34.8 Å². The van der Waals surface area contributed by atoms with Crippen molar-refractivity contribution in [2.45, 2.75) is 25.2 Å². The Balaban J connectivity index is 1.32. The molecule has 0 aromatic heterocycles. The molecule has 0 radical (unpaired) electrons. The monoisotopic (exact) mass is 419 g/mol. The van der Waals surface area contributed by atoms with E-state index in [1.807, 2.05) is 19.1 Å². The number of ether oxygens (including phenoxy) is 1. The van der Waals surface area contributed by atoms with E-state index in [1.165, 1.54) is 17.0 Å². The fraction of sp³-hybridized carbons (Fsp3) is 0.318. The van der Waals surface area contributed by atoms with Gasteiger partial charge < -0.3 is 9.57 Å². The van der Waals surface area contributed by atoms with Crippen LogP contribution < -0.4 is 4.90 Å². The van der Waals surface area contributed by atoms with Crippen molar-refractivity contribution in [2.24, 2.45) is 22.9 Å². The molecule has 31 heavy (non-hydrogen) atoms. The molecule has 0 spiro atoms. The number of carbonyl (C=O) groups excluding carboxylic acids is 2. The van der Waals surface area contributed by atoms with Gasteiger partial charge in [-0.05, 0) is 31.2 Å². The number of hydrogen-bond acceptors (Lipinski definition) is 7. The van der Waals surface area contributed by atoms with Gasteiger partial charge in [-0.2, -0.15) is 0 Å². The summed E-state index contributed by atoms with van der Waals surface area (Å²) in [6.07, 6.45) is -1.53. The molecule has 0 N–H and O–H groups in total. The number of rotatable bonds is 3. The van der Waals surface area contributed by atoms with Crippen LogP contribution >= 0.6 is 0 Å². The van der Waals surface area contributed by atoms with Crippen molar-refractivity contribution in [3.8, 4) is 0 Å². The van der Waals surface area contributed by atoms with E-state index in [0.29, 0.717) is 17.0 Å². The van der Waals surface area contributed by atoms with E-state index in [0.717, 1.165) is 5.56 Å². The molecule has 0 saturated carbocycles. The molecule has 2 amide bonds. The van der Waals surface area contributed by atoms with Crippen molar-refractivity contribution in [3.63, 3.8) is 0 Å². The average molecular weight is 419 g/mol. The highest BCUT2D eigenvalue weighted by Gasteiger charge is 2.72. The van der Waals surface area contributed by atoms with Crippen molar-refractivity contribution in [2.75, 3.05) is 4.90 Å².